The number of amides is 1. The molecule has 34 heavy (non-hydrogen) atoms. The summed E-state index contributed by atoms with van der Waals surface area (Å²) in [6.07, 6.45) is 6.15. The van der Waals surface area contributed by atoms with E-state index in [0.717, 1.165) is 56.6 Å². The zero-order valence-electron chi connectivity index (χ0n) is 21.3. The highest BCUT2D eigenvalue weighted by atomic mass is 16.5. The molecule has 0 unspecified atom stereocenters. The fourth-order valence-electron chi connectivity index (χ4n) is 6.70. The van der Waals surface area contributed by atoms with E-state index in [1.54, 1.807) is 14.0 Å². The minimum absolute atomic E-state index is 0.0331. The molecular formula is C27H43N3O4. The van der Waals surface area contributed by atoms with Crippen molar-refractivity contribution in [2.75, 3.05) is 38.2 Å². The molecule has 2 saturated heterocycles. The number of methoxy groups -OCH3 is 1. The standard InChI is InChI=1S/C27H43N3O4/c1-20(31)28-18-22-17-25(2)24(10-5-6-11-26(25,3)32)30(22)19-27(33)12-14-29(15-13-27)21-8-7-9-23(16-21)34-4/h7-9,16,22,24,32-33H,5-6,10-15,17-19H2,1-4H3,(H,28,31)/t22-,24-,25-,26+/m1/s1. The van der Waals surface area contributed by atoms with Crippen molar-refractivity contribution in [2.45, 2.75) is 89.0 Å². The van der Waals surface area contributed by atoms with Crippen molar-refractivity contribution in [3.8, 4) is 5.75 Å². The summed E-state index contributed by atoms with van der Waals surface area (Å²) in [5.41, 5.74) is -0.675. The molecular weight excluding hydrogens is 430 g/mol. The number of rotatable bonds is 6. The number of β-amino-alcohol motifs (C(OH)–C–C–N with tert-alkyl or cyclic N) is 1. The van der Waals surface area contributed by atoms with Crippen LogP contribution in [0, 0.1) is 5.41 Å². The first kappa shape index (κ1) is 25.3. The Morgan fingerprint density at radius 3 is 2.59 bits per heavy atom. The highest BCUT2D eigenvalue weighted by Gasteiger charge is 2.58. The summed E-state index contributed by atoms with van der Waals surface area (Å²) >= 11 is 0. The predicted molar refractivity (Wildman–Crippen MR) is 134 cm³/mol. The Morgan fingerprint density at radius 1 is 1.18 bits per heavy atom. The Morgan fingerprint density at radius 2 is 1.91 bits per heavy atom. The van der Waals surface area contributed by atoms with E-state index in [4.69, 9.17) is 4.74 Å². The lowest BCUT2D eigenvalue weighted by atomic mass is 9.67. The van der Waals surface area contributed by atoms with Gasteiger partial charge in [-0.25, -0.2) is 0 Å². The monoisotopic (exact) mass is 473 g/mol. The van der Waals surface area contributed by atoms with Gasteiger partial charge in [-0.15, -0.1) is 0 Å². The molecule has 7 nitrogen and oxygen atoms in total. The molecule has 2 aliphatic heterocycles. The number of benzene rings is 1. The molecule has 1 aliphatic carbocycles. The summed E-state index contributed by atoms with van der Waals surface area (Å²) in [7, 11) is 1.68. The van der Waals surface area contributed by atoms with E-state index in [2.05, 4.69) is 28.1 Å². The average molecular weight is 474 g/mol. The molecule has 190 valence electrons. The molecule has 2 heterocycles. The third kappa shape index (κ3) is 4.93. The van der Waals surface area contributed by atoms with Crippen LogP contribution in [0.1, 0.15) is 65.7 Å². The summed E-state index contributed by atoms with van der Waals surface area (Å²) in [4.78, 5) is 16.5. The molecule has 1 aromatic carbocycles. The summed E-state index contributed by atoms with van der Waals surface area (Å²) in [6, 6.07) is 8.41. The van der Waals surface area contributed by atoms with Gasteiger partial charge in [-0.2, -0.15) is 0 Å². The Labute approximate surface area is 204 Å². The van der Waals surface area contributed by atoms with Crippen molar-refractivity contribution in [2.24, 2.45) is 5.41 Å². The van der Waals surface area contributed by atoms with Crippen LogP contribution in [0.25, 0.3) is 0 Å². The van der Waals surface area contributed by atoms with Gasteiger partial charge in [0.1, 0.15) is 5.75 Å². The largest absolute Gasteiger partial charge is 0.497 e. The Balaban J connectivity index is 1.51. The van der Waals surface area contributed by atoms with Crippen LogP contribution in [-0.4, -0.2) is 77.6 Å². The minimum atomic E-state index is -0.784. The number of ether oxygens (including phenoxy) is 1. The molecule has 1 amide bonds. The van der Waals surface area contributed by atoms with Gasteiger partial charge >= 0.3 is 0 Å². The molecule has 3 fully saturated rings. The number of anilines is 1. The van der Waals surface area contributed by atoms with Gasteiger partial charge in [0.15, 0.2) is 0 Å². The number of carbonyl (C=O) groups excluding carboxylic acids is 1. The highest BCUT2D eigenvalue weighted by Crippen LogP contribution is 2.53. The number of likely N-dealkylation sites (tertiary alicyclic amines) is 1. The fraction of sp³-hybridized carbons (Fsp3) is 0.741. The van der Waals surface area contributed by atoms with E-state index in [1.165, 1.54) is 0 Å². The van der Waals surface area contributed by atoms with Crippen LogP contribution in [0.5, 0.6) is 5.75 Å². The first-order valence-electron chi connectivity index (χ1n) is 12.9. The number of aliphatic hydroxyl groups is 2. The number of carbonyl (C=O) groups is 1. The Bertz CT molecular complexity index is 867. The summed E-state index contributed by atoms with van der Waals surface area (Å²) in [5.74, 6) is 0.810. The van der Waals surface area contributed by atoms with Crippen molar-refractivity contribution >= 4 is 11.6 Å². The maximum atomic E-state index is 11.7. The molecule has 0 spiro atoms. The van der Waals surface area contributed by atoms with Gasteiger partial charge in [0.05, 0.1) is 18.3 Å². The molecule has 1 saturated carbocycles. The van der Waals surface area contributed by atoms with E-state index >= 15 is 0 Å². The average Bonchev–Trinajstić information content (AvgIpc) is 3.00. The quantitative estimate of drug-likeness (QED) is 0.589. The molecule has 4 atom stereocenters. The van der Waals surface area contributed by atoms with Crippen LogP contribution in [-0.2, 0) is 4.79 Å². The van der Waals surface area contributed by atoms with Crippen LogP contribution in [0.3, 0.4) is 0 Å². The number of hydrogen-bond acceptors (Lipinski definition) is 6. The second-order valence-electron chi connectivity index (χ2n) is 11.3. The lowest BCUT2D eigenvalue weighted by Crippen LogP contribution is -2.57. The van der Waals surface area contributed by atoms with Crippen LogP contribution < -0.4 is 15.0 Å². The number of nitrogens with one attached hydrogen (secondary N) is 1. The van der Waals surface area contributed by atoms with Crippen molar-refractivity contribution in [3.63, 3.8) is 0 Å². The van der Waals surface area contributed by atoms with E-state index in [-0.39, 0.29) is 23.4 Å². The summed E-state index contributed by atoms with van der Waals surface area (Å²) in [6.45, 7) is 8.48. The lowest BCUT2D eigenvalue weighted by Gasteiger charge is -2.47. The van der Waals surface area contributed by atoms with Crippen LogP contribution in [0.2, 0.25) is 0 Å². The highest BCUT2D eigenvalue weighted by molar-refractivity contribution is 5.72. The van der Waals surface area contributed by atoms with E-state index in [1.807, 2.05) is 25.1 Å². The lowest BCUT2D eigenvalue weighted by molar-refractivity contribution is -0.119. The SMILES string of the molecule is COc1cccc(N2CCC(O)(CN3[C@@H](CNC(C)=O)C[C@]4(C)[C@H]3CCCC[C@]4(C)O)CC2)c1. The van der Waals surface area contributed by atoms with Gasteiger partial charge in [-0.1, -0.05) is 25.8 Å². The van der Waals surface area contributed by atoms with Crippen LogP contribution >= 0.6 is 0 Å². The fourth-order valence-corrected chi connectivity index (χ4v) is 6.70. The number of piperidine rings is 1. The van der Waals surface area contributed by atoms with Gasteiger partial charge < -0.3 is 25.2 Å². The number of fused-ring (bicyclic) bond motifs is 1. The predicted octanol–water partition coefficient (Wildman–Crippen LogP) is 2.94. The van der Waals surface area contributed by atoms with Crippen LogP contribution in [0.4, 0.5) is 5.69 Å². The molecule has 3 N–H and O–H groups in total. The number of nitrogens with zero attached hydrogens (tertiary/aromatic N) is 2. The second-order valence-corrected chi connectivity index (χ2v) is 11.3. The van der Waals surface area contributed by atoms with E-state index in [9.17, 15) is 15.0 Å². The van der Waals surface area contributed by atoms with E-state index < -0.39 is 11.2 Å². The zero-order chi connectivity index (χ0) is 24.6. The second kappa shape index (κ2) is 9.67. The molecule has 0 radical (unpaired) electrons. The van der Waals surface area contributed by atoms with Crippen molar-refractivity contribution in [1.29, 1.82) is 0 Å². The smallest absolute Gasteiger partial charge is 0.216 e. The van der Waals surface area contributed by atoms with Crippen LogP contribution in [0.15, 0.2) is 24.3 Å². The third-order valence-corrected chi connectivity index (χ3v) is 9.06. The third-order valence-electron chi connectivity index (χ3n) is 9.06. The first-order chi connectivity index (χ1) is 16.1. The minimum Gasteiger partial charge on any atom is -0.497 e. The topological polar surface area (TPSA) is 85.3 Å². The molecule has 0 bridgehead atoms. The normalized spacial score (nSPS) is 33.8. The summed E-state index contributed by atoms with van der Waals surface area (Å²) < 4.78 is 5.38. The van der Waals surface area contributed by atoms with Crippen molar-refractivity contribution in [3.05, 3.63) is 24.3 Å². The maximum Gasteiger partial charge on any atom is 0.216 e. The first-order valence-corrected chi connectivity index (χ1v) is 12.9. The molecule has 1 aromatic rings. The zero-order valence-corrected chi connectivity index (χ0v) is 21.3. The molecule has 7 heteroatoms. The molecule has 0 aromatic heterocycles. The maximum absolute atomic E-state index is 11.7. The molecule has 4 rings (SSSR count). The van der Waals surface area contributed by atoms with Gasteiger partial charge in [-0.3, -0.25) is 9.69 Å². The summed E-state index contributed by atoms with van der Waals surface area (Å²) in [5, 5.41) is 26.2. The van der Waals surface area contributed by atoms with Gasteiger partial charge in [-0.05, 0) is 51.2 Å². The Hall–Kier alpha value is -1.83. The van der Waals surface area contributed by atoms with Crippen molar-refractivity contribution in [1.82, 2.24) is 10.2 Å². The Kier molecular flexibility index (Phi) is 7.19. The van der Waals surface area contributed by atoms with Gasteiger partial charge in [0, 0.05) is 62.4 Å². The van der Waals surface area contributed by atoms with Gasteiger partial charge in [0.25, 0.3) is 0 Å². The van der Waals surface area contributed by atoms with Gasteiger partial charge in [0.2, 0.25) is 5.91 Å². The van der Waals surface area contributed by atoms with E-state index in [0.29, 0.717) is 25.9 Å². The number of hydrogen-bond donors (Lipinski definition) is 3. The van der Waals surface area contributed by atoms with Crippen molar-refractivity contribution < 1.29 is 19.7 Å². The molecule has 3 aliphatic rings.